The average molecular weight is 333 g/mol. The topological polar surface area (TPSA) is 105 Å². The quantitative estimate of drug-likeness (QED) is 0.858. The van der Waals surface area contributed by atoms with Crippen molar-refractivity contribution in [3.05, 3.63) is 29.0 Å². The SMILES string of the molecule is O=C(O)CN(C(=O)c1ccc(Cl)cn1)C1CCS(=O)(=O)C1. The highest BCUT2D eigenvalue weighted by atomic mass is 35.5. The Balaban J connectivity index is 2.25. The van der Waals surface area contributed by atoms with Gasteiger partial charge in [-0.1, -0.05) is 11.6 Å². The molecule has 1 aromatic heterocycles. The molecule has 114 valence electrons. The number of sulfone groups is 1. The Morgan fingerprint density at radius 2 is 2.14 bits per heavy atom. The van der Waals surface area contributed by atoms with Crippen LogP contribution in [-0.4, -0.2) is 59.4 Å². The standard InChI is InChI=1S/C12H13ClN2O5S/c13-8-1-2-10(14-5-8)12(18)15(6-11(16)17)9-3-4-21(19,20)7-9/h1-2,5,9H,3-4,6-7H2,(H,16,17). The number of nitrogens with zero attached hydrogens (tertiary/aromatic N) is 2. The lowest BCUT2D eigenvalue weighted by molar-refractivity contribution is -0.138. The first-order valence-electron chi connectivity index (χ1n) is 6.13. The molecule has 1 fully saturated rings. The van der Waals surface area contributed by atoms with Gasteiger partial charge in [0.25, 0.3) is 5.91 Å². The minimum absolute atomic E-state index is 0.0324. The monoisotopic (exact) mass is 332 g/mol. The Labute approximate surface area is 126 Å². The maximum Gasteiger partial charge on any atom is 0.323 e. The van der Waals surface area contributed by atoms with Gasteiger partial charge in [-0.3, -0.25) is 9.59 Å². The molecule has 0 radical (unpaired) electrons. The summed E-state index contributed by atoms with van der Waals surface area (Å²) in [6.07, 6.45) is 1.51. The number of amides is 1. The third kappa shape index (κ3) is 3.92. The zero-order valence-corrected chi connectivity index (χ0v) is 12.5. The lowest BCUT2D eigenvalue weighted by atomic mass is 10.2. The van der Waals surface area contributed by atoms with E-state index in [4.69, 9.17) is 16.7 Å². The zero-order chi connectivity index (χ0) is 15.6. The van der Waals surface area contributed by atoms with Crippen molar-refractivity contribution in [2.75, 3.05) is 18.1 Å². The number of carboxylic acids is 1. The first-order valence-corrected chi connectivity index (χ1v) is 8.33. The summed E-state index contributed by atoms with van der Waals surface area (Å²) in [5.41, 5.74) is 0.0324. The van der Waals surface area contributed by atoms with Crippen LogP contribution in [0.3, 0.4) is 0 Å². The Morgan fingerprint density at radius 1 is 1.43 bits per heavy atom. The molecule has 0 spiro atoms. The van der Waals surface area contributed by atoms with Gasteiger partial charge in [0.05, 0.1) is 16.5 Å². The van der Waals surface area contributed by atoms with Gasteiger partial charge in [-0.2, -0.15) is 0 Å². The van der Waals surface area contributed by atoms with Crippen LogP contribution in [0.25, 0.3) is 0 Å². The molecule has 9 heteroatoms. The van der Waals surface area contributed by atoms with E-state index < -0.39 is 34.3 Å². The van der Waals surface area contributed by atoms with E-state index in [9.17, 15) is 18.0 Å². The maximum absolute atomic E-state index is 12.4. The van der Waals surface area contributed by atoms with E-state index in [1.807, 2.05) is 0 Å². The molecule has 0 bridgehead atoms. The molecule has 0 saturated carbocycles. The number of aliphatic carboxylic acids is 1. The van der Waals surface area contributed by atoms with Gasteiger partial charge < -0.3 is 10.0 Å². The van der Waals surface area contributed by atoms with Gasteiger partial charge in [-0.05, 0) is 18.6 Å². The lowest BCUT2D eigenvalue weighted by Crippen LogP contribution is -2.44. The molecule has 1 aliphatic heterocycles. The summed E-state index contributed by atoms with van der Waals surface area (Å²) in [6.45, 7) is -0.566. The van der Waals surface area contributed by atoms with Gasteiger partial charge in [-0.15, -0.1) is 0 Å². The molecule has 1 atom stereocenters. The molecule has 0 aliphatic carbocycles. The first-order chi connectivity index (χ1) is 9.78. The normalized spacial score (nSPS) is 20.1. The molecule has 0 aromatic carbocycles. The van der Waals surface area contributed by atoms with Crippen LogP contribution in [0.4, 0.5) is 0 Å². The molecule has 1 aliphatic rings. The molecule has 2 heterocycles. The second kappa shape index (κ2) is 5.98. The highest BCUT2D eigenvalue weighted by Crippen LogP contribution is 2.20. The second-order valence-corrected chi connectivity index (χ2v) is 7.41. The third-order valence-electron chi connectivity index (χ3n) is 3.16. The van der Waals surface area contributed by atoms with Crippen molar-refractivity contribution in [1.29, 1.82) is 0 Å². The number of carbonyl (C=O) groups is 2. The van der Waals surface area contributed by atoms with Gasteiger partial charge in [0.15, 0.2) is 9.84 Å². The molecule has 2 rings (SSSR count). The predicted octanol–water partition coefficient (Wildman–Crippen LogP) is 0.449. The smallest absolute Gasteiger partial charge is 0.323 e. The molecule has 1 N–H and O–H groups in total. The van der Waals surface area contributed by atoms with Crippen molar-refractivity contribution in [2.45, 2.75) is 12.5 Å². The van der Waals surface area contributed by atoms with E-state index >= 15 is 0 Å². The van der Waals surface area contributed by atoms with Crippen LogP contribution in [-0.2, 0) is 14.6 Å². The number of hydrogen-bond acceptors (Lipinski definition) is 5. The van der Waals surface area contributed by atoms with Gasteiger partial charge in [0.2, 0.25) is 0 Å². The van der Waals surface area contributed by atoms with E-state index in [0.717, 1.165) is 4.90 Å². The van der Waals surface area contributed by atoms with Crippen LogP contribution in [0.1, 0.15) is 16.9 Å². The molecule has 21 heavy (non-hydrogen) atoms. The van der Waals surface area contributed by atoms with Crippen LogP contribution < -0.4 is 0 Å². The summed E-state index contributed by atoms with van der Waals surface area (Å²) >= 11 is 5.68. The van der Waals surface area contributed by atoms with Crippen LogP contribution in [0.2, 0.25) is 5.02 Å². The Morgan fingerprint density at radius 3 is 2.62 bits per heavy atom. The highest BCUT2D eigenvalue weighted by Gasteiger charge is 2.36. The summed E-state index contributed by atoms with van der Waals surface area (Å²) in [5, 5.41) is 9.28. The van der Waals surface area contributed by atoms with Gasteiger partial charge in [-0.25, -0.2) is 13.4 Å². The van der Waals surface area contributed by atoms with Gasteiger partial charge in [0.1, 0.15) is 12.2 Å². The largest absolute Gasteiger partial charge is 0.480 e. The number of halogens is 1. The van der Waals surface area contributed by atoms with E-state index in [2.05, 4.69) is 4.98 Å². The van der Waals surface area contributed by atoms with E-state index in [1.165, 1.54) is 18.3 Å². The van der Waals surface area contributed by atoms with E-state index in [0.29, 0.717) is 5.02 Å². The van der Waals surface area contributed by atoms with Crippen LogP contribution in [0.5, 0.6) is 0 Å². The van der Waals surface area contributed by atoms with Crippen LogP contribution in [0.15, 0.2) is 18.3 Å². The van der Waals surface area contributed by atoms with Crippen LogP contribution in [0, 0.1) is 0 Å². The zero-order valence-electron chi connectivity index (χ0n) is 10.9. The van der Waals surface area contributed by atoms with Crippen molar-refractivity contribution in [1.82, 2.24) is 9.88 Å². The first kappa shape index (κ1) is 15.7. The summed E-state index contributed by atoms with van der Waals surface area (Å²) < 4.78 is 23.0. The van der Waals surface area contributed by atoms with Gasteiger partial charge >= 0.3 is 5.97 Å². The maximum atomic E-state index is 12.4. The number of carbonyl (C=O) groups excluding carboxylic acids is 1. The summed E-state index contributed by atoms with van der Waals surface area (Å²) in [6, 6.07) is 2.20. The van der Waals surface area contributed by atoms with Crippen molar-refractivity contribution >= 4 is 33.3 Å². The van der Waals surface area contributed by atoms with Crippen molar-refractivity contribution < 1.29 is 23.1 Å². The summed E-state index contributed by atoms with van der Waals surface area (Å²) in [4.78, 5) is 28.2. The van der Waals surface area contributed by atoms with Crippen molar-refractivity contribution in [3.63, 3.8) is 0 Å². The molecule has 7 nitrogen and oxygen atoms in total. The number of rotatable bonds is 4. The fraction of sp³-hybridized carbons (Fsp3) is 0.417. The summed E-state index contributed by atoms with van der Waals surface area (Å²) in [5.74, 6) is -2.09. The molecule has 1 saturated heterocycles. The highest BCUT2D eigenvalue weighted by molar-refractivity contribution is 7.91. The average Bonchev–Trinajstić information content (AvgIpc) is 2.76. The third-order valence-corrected chi connectivity index (χ3v) is 5.14. The fourth-order valence-electron chi connectivity index (χ4n) is 2.18. The number of hydrogen-bond donors (Lipinski definition) is 1. The minimum Gasteiger partial charge on any atom is -0.480 e. The number of aromatic nitrogens is 1. The summed E-state index contributed by atoms with van der Waals surface area (Å²) in [7, 11) is -3.23. The van der Waals surface area contributed by atoms with Crippen molar-refractivity contribution in [2.24, 2.45) is 0 Å². The molecule has 1 unspecified atom stereocenters. The van der Waals surface area contributed by atoms with E-state index in [1.54, 1.807) is 0 Å². The molecular weight excluding hydrogens is 320 g/mol. The fourth-order valence-corrected chi connectivity index (χ4v) is 4.03. The Kier molecular flexibility index (Phi) is 4.48. The van der Waals surface area contributed by atoms with E-state index in [-0.39, 0.29) is 23.6 Å². The number of pyridine rings is 1. The minimum atomic E-state index is -3.23. The lowest BCUT2D eigenvalue weighted by Gasteiger charge is -2.26. The van der Waals surface area contributed by atoms with Gasteiger partial charge in [0, 0.05) is 12.2 Å². The molecule has 1 aromatic rings. The van der Waals surface area contributed by atoms with Crippen molar-refractivity contribution in [3.8, 4) is 0 Å². The number of carboxylic acid groups (broad SMARTS) is 1. The second-order valence-electron chi connectivity index (χ2n) is 4.75. The molecular formula is C12H13ClN2O5S. The Bertz CT molecular complexity index is 659. The predicted molar refractivity (Wildman–Crippen MR) is 75.0 cm³/mol. The Hall–Kier alpha value is -1.67. The van der Waals surface area contributed by atoms with Crippen LogP contribution >= 0.6 is 11.6 Å². The molecule has 1 amide bonds.